The van der Waals surface area contributed by atoms with Crippen LogP contribution < -0.4 is 15.6 Å². The largest absolute Gasteiger partial charge is 0.497 e. The average Bonchev–Trinajstić information content (AvgIpc) is 3.07. The van der Waals surface area contributed by atoms with Gasteiger partial charge in [-0.1, -0.05) is 57.2 Å². The number of aryl methyl sites for hydroxylation is 2. The zero-order chi connectivity index (χ0) is 34.0. The molecule has 4 aromatic rings. The third kappa shape index (κ3) is 7.11. The number of ether oxygens (including phenoxy) is 1. The van der Waals surface area contributed by atoms with Crippen LogP contribution in [0.25, 0.3) is 10.9 Å². The fraction of sp³-hybridized carbons (Fsp3) is 0.462. The van der Waals surface area contributed by atoms with E-state index < -0.39 is 0 Å². The SMILES string of the molecule is COc1ccc(CCn2cnc3cc(NC(=N[C@H]4C[C@@H]5C[C@H]([C@@H]4C)C5(C)C)N(CCN(C)C)Cc4ccccc4)ccc3c2=O)c(F)c1. The maximum absolute atomic E-state index is 14.5. The molecule has 8 nitrogen and oxygen atoms in total. The van der Waals surface area contributed by atoms with Gasteiger partial charge in [-0.3, -0.25) is 9.36 Å². The molecule has 1 aromatic heterocycles. The maximum atomic E-state index is 14.5. The predicted octanol–water partition coefficient (Wildman–Crippen LogP) is 6.69. The van der Waals surface area contributed by atoms with Gasteiger partial charge in [-0.05, 0) is 91.9 Å². The number of halogens is 1. The van der Waals surface area contributed by atoms with Crippen molar-refractivity contribution >= 4 is 22.5 Å². The Balaban J connectivity index is 1.28. The van der Waals surface area contributed by atoms with Crippen molar-refractivity contribution in [1.82, 2.24) is 19.4 Å². The predicted molar refractivity (Wildman–Crippen MR) is 192 cm³/mol. The van der Waals surface area contributed by atoms with E-state index in [1.807, 2.05) is 24.3 Å². The summed E-state index contributed by atoms with van der Waals surface area (Å²) in [5.41, 5.74) is 3.42. The average molecular weight is 653 g/mol. The van der Waals surface area contributed by atoms with Crippen LogP contribution in [0.5, 0.6) is 5.75 Å². The molecule has 3 aliphatic carbocycles. The fourth-order valence-corrected chi connectivity index (χ4v) is 7.65. The van der Waals surface area contributed by atoms with E-state index in [-0.39, 0.29) is 17.4 Å². The highest BCUT2D eigenvalue weighted by Gasteiger charge is 2.56. The van der Waals surface area contributed by atoms with Crippen LogP contribution in [0.3, 0.4) is 0 Å². The summed E-state index contributed by atoms with van der Waals surface area (Å²) in [4.78, 5) is 28.2. The second kappa shape index (κ2) is 14.1. The summed E-state index contributed by atoms with van der Waals surface area (Å²) in [5.74, 6) is 2.85. The highest BCUT2D eigenvalue weighted by atomic mass is 19.1. The number of nitrogens with one attached hydrogen (secondary N) is 1. The summed E-state index contributed by atoms with van der Waals surface area (Å²) in [6.45, 7) is 9.96. The number of nitrogens with zero attached hydrogens (tertiary/aromatic N) is 5. The Labute approximate surface area is 283 Å². The Bertz CT molecular complexity index is 1820. The van der Waals surface area contributed by atoms with E-state index in [1.165, 1.54) is 25.2 Å². The zero-order valence-corrected chi connectivity index (χ0v) is 29.1. The lowest BCUT2D eigenvalue weighted by atomic mass is 9.45. The number of likely N-dealkylation sites (N-methyl/N-ethyl adjacent to an activating group) is 1. The summed E-state index contributed by atoms with van der Waals surface area (Å²) in [7, 11) is 5.70. The Hall–Kier alpha value is -4.24. The lowest BCUT2D eigenvalue weighted by Crippen LogP contribution is -2.56. The molecule has 4 atom stereocenters. The molecule has 1 heterocycles. The third-order valence-corrected chi connectivity index (χ3v) is 10.9. The molecule has 0 amide bonds. The minimum atomic E-state index is -0.348. The minimum Gasteiger partial charge on any atom is -0.497 e. The quantitative estimate of drug-likeness (QED) is 0.144. The van der Waals surface area contributed by atoms with Gasteiger partial charge in [0.1, 0.15) is 11.6 Å². The molecule has 254 valence electrons. The number of hydrogen-bond donors (Lipinski definition) is 1. The van der Waals surface area contributed by atoms with Crippen LogP contribution in [0.4, 0.5) is 10.1 Å². The molecule has 0 aliphatic heterocycles. The molecule has 0 unspecified atom stereocenters. The molecule has 3 aliphatic rings. The summed E-state index contributed by atoms with van der Waals surface area (Å²) < 4.78 is 21.2. The van der Waals surface area contributed by atoms with Crippen LogP contribution in [-0.2, 0) is 19.5 Å². The molecular weight excluding hydrogens is 603 g/mol. The topological polar surface area (TPSA) is 75.0 Å². The highest BCUT2D eigenvalue weighted by molar-refractivity contribution is 5.95. The number of aromatic nitrogens is 2. The molecule has 0 radical (unpaired) electrons. The number of hydrogen-bond acceptors (Lipinski definition) is 5. The third-order valence-electron chi connectivity index (χ3n) is 10.9. The molecule has 2 bridgehead atoms. The summed E-state index contributed by atoms with van der Waals surface area (Å²) in [5, 5.41) is 4.21. The van der Waals surface area contributed by atoms with Crippen molar-refractivity contribution in [1.29, 1.82) is 0 Å². The Morgan fingerprint density at radius 3 is 2.56 bits per heavy atom. The molecule has 3 saturated carbocycles. The van der Waals surface area contributed by atoms with Crippen molar-refractivity contribution in [3.63, 3.8) is 0 Å². The summed E-state index contributed by atoms with van der Waals surface area (Å²) in [6.07, 6.45) is 4.33. The minimum absolute atomic E-state index is 0.149. The van der Waals surface area contributed by atoms with Crippen molar-refractivity contribution in [2.45, 2.75) is 59.2 Å². The molecule has 1 N–H and O–H groups in total. The molecule has 0 spiro atoms. The van der Waals surface area contributed by atoms with Crippen LogP contribution in [0.2, 0.25) is 0 Å². The van der Waals surface area contributed by atoms with Crippen LogP contribution in [0, 0.1) is 29.0 Å². The van der Waals surface area contributed by atoms with E-state index in [1.54, 1.807) is 23.0 Å². The van der Waals surface area contributed by atoms with Gasteiger partial charge in [0, 0.05) is 37.9 Å². The van der Waals surface area contributed by atoms with Crippen LogP contribution in [0.15, 0.2) is 82.8 Å². The number of anilines is 1. The Morgan fingerprint density at radius 1 is 1.08 bits per heavy atom. The first kappa shape index (κ1) is 33.7. The smallest absolute Gasteiger partial charge is 0.261 e. The van der Waals surface area contributed by atoms with Crippen molar-refractivity contribution < 1.29 is 9.13 Å². The standard InChI is InChI=1S/C39H49FN6O2/c1-26-33-20-29(39(33,2)3)21-35(26)43-38(45(19-18-44(4)5)24-27-10-8-7-9-11-27)42-30-13-15-32-36(22-30)41-25-46(37(32)47)17-16-28-12-14-31(48-6)23-34(28)40/h7-15,22-23,25-26,29,33,35H,16-21,24H2,1-6H3,(H,42,43)/t26-,29-,33+,35-/m0/s1. The summed E-state index contributed by atoms with van der Waals surface area (Å²) in [6, 6.07) is 21.3. The van der Waals surface area contributed by atoms with E-state index in [0.717, 1.165) is 37.7 Å². The molecular formula is C39H49FN6O2. The lowest BCUT2D eigenvalue weighted by Gasteiger charge is -2.61. The van der Waals surface area contributed by atoms with Gasteiger partial charge >= 0.3 is 0 Å². The van der Waals surface area contributed by atoms with E-state index in [0.29, 0.717) is 58.4 Å². The number of guanidine groups is 1. The number of rotatable bonds is 11. The van der Waals surface area contributed by atoms with E-state index in [9.17, 15) is 9.18 Å². The van der Waals surface area contributed by atoms with E-state index in [2.05, 4.69) is 79.2 Å². The van der Waals surface area contributed by atoms with Crippen molar-refractivity contribution in [2.24, 2.45) is 28.2 Å². The maximum Gasteiger partial charge on any atom is 0.261 e. The summed E-state index contributed by atoms with van der Waals surface area (Å²) >= 11 is 0. The second-order valence-corrected chi connectivity index (χ2v) is 14.5. The first-order valence-electron chi connectivity index (χ1n) is 17.1. The number of benzene rings is 3. The normalized spacial score (nSPS) is 21.6. The van der Waals surface area contributed by atoms with Gasteiger partial charge in [0.15, 0.2) is 5.96 Å². The number of aliphatic imine (C=N–C) groups is 1. The molecule has 9 heteroatoms. The Morgan fingerprint density at radius 2 is 1.88 bits per heavy atom. The van der Waals surface area contributed by atoms with Gasteiger partial charge in [0.05, 0.1) is 30.4 Å². The highest BCUT2D eigenvalue weighted by Crippen LogP contribution is 2.61. The van der Waals surface area contributed by atoms with Crippen molar-refractivity contribution in [3.05, 3.63) is 100 Å². The molecule has 3 fully saturated rings. The van der Waals surface area contributed by atoms with Crippen LogP contribution in [-0.4, -0.2) is 65.6 Å². The van der Waals surface area contributed by atoms with E-state index >= 15 is 0 Å². The first-order valence-corrected chi connectivity index (χ1v) is 17.1. The molecule has 3 aromatic carbocycles. The lowest BCUT2D eigenvalue weighted by molar-refractivity contribution is -0.108. The molecule has 48 heavy (non-hydrogen) atoms. The van der Waals surface area contributed by atoms with Crippen LogP contribution >= 0.6 is 0 Å². The zero-order valence-electron chi connectivity index (χ0n) is 29.1. The van der Waals surface area contributed by atoms with Gasteiger partial charge in [-0.25, -0.2) is 14.4 Å². The first-order chi connectivity index (χ1) is 23.0. The second-order valence-electron chi connectivity index (χ2n) is 14.5. The van der Waals surface area contributed by atoms with Gasteiger partial charge < -0.3 is 19.9 Å². The van der Waals surface area contributed by atoms with Gasteiger partial charge in [-0.2, -0.15) is 0 Å². The fourth-order valence-electron chi connectivity index (χ4n) is 7.65. The molecule has 0 saturated heterocycles. The number of methoxy groups -OCH3 is 1. The van der Waals surface area contributed by atoms with Crippen molar-refractivity contribution in [3.8, 4) is 5.75 Å². The molecule has 7 rings (SSSR count). The Kier molecular flexibility index (Phi) is 9.88. The monoisotopic (exact) mass is 652 g/mol. The van der Waals surface area contributed by atoms with Gasteiger partial charge in [0.2, 0.25) is 0 Å². The van der Waals surface area contributed by atoms with Gasteiger partial charge in [0.25, 0.3) is 5.56 Å². The van der Waals surface area contributed by atoms with Crippen LogP contribution in [0.1, 0.15) is 44.7 Å². The van der Waals surface area contributed by atoms with Crippen molar-refractivity contribution in [2.75, 3.05) is 39.6 Å². The number of fused-ring (bicyclic) bond motifs is 3. The van der Waals surface area contributed by atoms with E-state index in [4.69, 9.17) is 9.73 Å². The van der Waals surface area contributed by atoms with Gasteiger partial charge in [-0.15, -0.1) is 0 Å².